The van der Waals surface area contributed by atoms with Crippen LogP contribution in [0.15, 0.2) is 182 Å². The molecule has 9 rings (SSSR count). The highest BCUT2D eigenvalue weighted by molar-refractivity contribution is 5.79. The van der Waals surface area contributed by atoms with Gasteiger partial charge in [-0.2, -0.15) is 0 Å². The molecule has 0 N–H and O–H groups in total. The van der Waals surface area contributed by atoms with E-state index in [0.717, 1.165) is 109 Å². The van der Waals surface area contributed by atoms with E-state index >= 15 is 0 Å². The van der Waals surface area contributed by atoms with Crippen LogP contribution in [-0.2, 0) is 56.9 Å². The summed E-state index contributed by atoms with van der Waals surface area (Å²) < 4.78 is 79.0. The predicted molar refractivity (Wildman–Crippen MR) is 422 cm³/mol. The van der Waals surface area contributed by atoms with Crippen LogP contribution in [0, 0.1) is 37.2 Å². The van der Waals surface area contributed by atoms with Gasteiger partial charge in [-0.05, 0) is 258 Å². The highest BCUT2D eigenvalue weighted by Gasteiger charge is 2.26. The number of benzene rings is 9. The van der Waals surface area contributed by atoms with E-state index < -0.39 is 0 Å². The van der Waals surface area contributed by atoms with Crippen LogP contribution < -0.4 is 28.4 Å². The summed E-state index contributed by atoms with van der Waals surface area (Å²) in [6.07, 6.45) is 7.85. The molecule has 0 aromatic heterocycles. The molecule has 0 heterocycles. The Hall–Kier alpha value is -9.68. The number of rotatable bonds is 27. The minimum Gasteiger partial charge on any atom is -0.497 e. The molecule has 0 amide bonds. The Labute approximate surface area is 623 Å². The SMILES string of the molecule is C/C=C/[C@H](CC(C)=O)c1ccc(OCc2ccc(C(C)(C)C)c(-c3cc(OC)ccc3F)c2)cc1C.CCC[C@H](CC(C)=O)c1ccc(OCc2ccc(C(C)(C)C)c(-c3cc(OC)ccc3F)c2)c(C)c1.COc1ccc(F)c(-c2cc(COc3ccc(C[C@@H](C)C(C)=O)cc3)ccc2C(C)(C)C)c1. The van der Waals surface area contributed by atoms with Crippen molar-refractivity contribution >= 4 is 17.3 Å². The second-order valence-corrected chi connectivity index (χ2v) is 30.6. The number of ketones is 3. The molecule has 0 saturated heterocycles. The average molecular weight is 1430 g/mol. The van der Waals surface area contributed by atoms with Gasteiger partial charge in [-0.15, -0.1) is 0 Å². The fourth-order valence-corrected chi connectivity index (χ4v) is 13.0. The van der Waals surface area contributed by atoms with E-state index in [1.165, 1.54) is 23.8 Å². The van der Waals surface area contributed by atoms with Crippen LogP contribution in [0.25, 0.3) is 33.4 Å². The molecule has 0 fully saturated rings. The maximum Gasteiger partial charge on any atom is 0.132 e. The maximum absolute atomic E-state index is 14.9. The van der Waals surface area contributed by atoms with Crippen LogP contribution >= 0.6 is 0 Å². The molecular formula is C93H109F3O9. The number of methoxy groups -OCH3 is 3. The number of carbonyl (C=O) groups is 3. The van der Waals surface area contributed by atoms with Gasteiger partial charge in [0.2, 0.25) is 0 Å². The Morgan fingerprint density at radius 1 is 0.438 bits per heavy atom. The van der Waals surface area contributed by atoms with E-state index in [1.807, 2.05) is 113 Å². The number of ether oxygens (including phenoxy) is 6. The fraction of sp³-hybridized carbons (Fsp3) is 0.366. The van der Waals surface area contributed by atoms with Crippen molar-refractivity contribution in [3.05, 3.63) is 261 Å². The Morgan fingerprint density at radius 3 is 1.21 bits per heavy atom. The van der Waals surface area contributed by atoms with Crippen LogP contribution in [0.2, 0.25) is 0 Å². The zero-order chi connectivity index (χ0) is 77.1. The van der Waals surface area contributed by atoms with Crippen molar-refractivity contribution in [3.63, 3.8) is 0 Å². The van der Waals surface area contributed by atoms with E-state index in [-0.39, 0.29) is 68.8 Å². The van der Waals surface area contributed by atoms with Gasteiger partial charge in [0, 0.05) is 41.4 Å². The standard InChI is InChI=1S/C32H37FO3.C32H39FO3.C29H33FO3/c1-8-9-24(17-22(3)34)27-13-11-26(16-21(27)2)36-20-23-10-14-30(32(4,5)6)28(18-23)29-19-25(35-7)12-15-31(29)33;1-8-9-24(17-22(3)34)25-11-15-31(21(2)16-25)36-20-23-10-13-29(32(4,5)6)27(18-23)28-19-26(35-7)12-14-30(28)33;1-19(20(2)31)15-21-7-10-23(11-8-21)33-18-22-9-13-27(29(3,4)5)25(16-22)26-17-24(32-6)12-14-28(26)30/h8-16,18-19,24H,17,20H2,1-7H3;10-16,18-19,24H,8-9,17,20H2,1-7H3;7-14,16-17,19H,15,18H2,1-6H3/b9-8+;;/t2*24-;19-/m111/s1. The second kappa shape index (κ2) is 37.3. The Balaban J connectivity index is 0.000000220. The highest BCUT2D eigenvalue weighted by Crippen LogP contribution is 2.41. The Bertz CT molecular complexity index is 4470. The molecule has 12 heteroatoms. The number of Topliss-reactive ketones (excluding diaryl/α,β-unsaturated/α-hetero) is 3. The Kier molecular flexibility index (Phi) is 29.4. The molecule has 3 atom stereocenters. The van der Waals surface area contributed by atoms with Gasteiger partial charge in [0.1, 0.15) is 89.1 Å². The van der Waals surface area contributed by atoms with Crippen molar-refractivity contribution in [1.29, 1.82) is 0 Å². The van der Waals surface area contributed by atoms with E-state index in [9.17, 15) is 27.6 Å². The number of allylic oxidation sites excluding steroid dienone is 2. The lowest BCUT2D eigenvalue weighted by Crippen LogP contribution is -2.13. The lowest BCUT2D eigenvalue weighted by Gasteiger charge is -2.24. The number of hydrogen-bond acceptors (Lipinski definition) is 9. The molecule has 556 valence electrons. The van der Waals surface area contributed by atoms with Gasteiger partial charge < -0.3 is 33.2 Å². The van der Waals surface area contributed by atoms with E-state index in [4.69, 9.17) is 28.4 Å². The minimum absolute atomic E-state index is 0.00789. The molecule has 0 saturated carbocycles. The summed E-state index contributed by atoms with van der Waals surface area (Å²) in [5.41, 5.74) is 15.2. The van der Waals surface area contributed by atoms with Crippen molar-refractivity contribution in [2.75, 3.05) is 21.3 Å². The van der Waals surface area contributed by atoms with Gasteiger partial charge in [0.15, 0.2) is 0 Å². The number of carbonyl (C=O) groups excluding carboxylic acids is 3. The summed E-state index contributed by atoms with van der Waals surface area (Å²) in [6.45, 7) is 35.2. The van der Waals surface area contributed by atoms with Crippen molar-refractivity contribution in [1.82, 2.24) is 0 Å². The zero-order valence-electron chi connectivity index (χ0n) is 65.5. The van der Waals surface area contributed by atoms with Gasteiger partial charge in [0.05, 0.1) is 21.3 Å². The predicted octanol–water partition coefficient (Wildman–Crippen LogP) is 24.0. The maximum atomic E-state index is 14.9. The van der Waals surface area contributed by atoms with Crippen LogP contribution in [0.3, 0.4) is 0 Å². The van der Waals surface area contributed by atoms with Crippen molar-refractivity contribution in [3.8, 4) is 67.9 Å². The first-order valence-electron chi connectivity index (χ1n) is 36.4. The summed E-state index contributed by atoms with van der Waals surface area (Å²) in [7, 11) is 4.75. The molecule has 0 spiro atoms. The van der Waals surface area contributed by atoms with E-state index in [1.54, 1.807) is 78.5 Å². The first-order valence-corrected chi connectivity index (χ1v) is 36.4. The van der Waals surface area contributed by atoms with E-state index in [0.29, 0.717) is 66.6 Å². The summed E-state index contributed by atoms with van der Waals surface area (Å²) in [6, 6.07) is 52.9. The second-order valence-electron chi connectivity index (χ2n) is 30.6. The Morgan fingerprint density at radius 2 is 0.838 bits per heavy atom. The summed E-state index contributed by atoms with van der Waals surface area (Å²) in [5.74, 6) is 4.21. The third-order valence-electron chi connectivity index (χ3n) is 18.8. The molecular weight excluding hydrogens is 1320 g/mol. The van der Waals surface area contributed by atoms with Crippen molar-refractivity contribution in [2.24, 2.45) is 5.92 Å². The molecule has 0 radical (unpaired) electrons. The monoisotopic (exact) mass is 1430 g/mol. The van der Waals surface area contributed by atoms with Crippen molar-refractivity contribution < 1.29 is 56.0 Å². The average Bonchev–Trinajstić information content (AvgIpc) is 0.796. The molecule has 9 aromatic carbocycles. The number of hydrogen-bond donors (Lipinski definition) is 0. The smallest absolute Gasteiger partial charge is 0.132 e. The fourth-order valence-electron chi connectivity index (χ4n) is 13.0. The van der Waals surface area contributed by atoms with Crippen molar-refractivity contribution in [2.45, 2.75) is 198 Å². The number of halogens is 3. The van der Waals surface area contributed by atoms with Gasteiger partial charge in [0.25, 0.3) is 0 Å². The minimum atomic E-state index is -0.285. The zero-order valence-corrected chi connectivity index (χ0v) is 65.5. The first kappa shape index (κ1) is 82.6. The summed E-state index contributed by atoms with van der Waals surface area (Å²) in [5, 5.41) is 0. The molecule has 0 unspecified atom stereocenters. The molecule has 9 nitrogen and oxygen atoms in total. The van der Waals surface area contributed by atoms with E-state index in [2.05, 4.69) is 112 Å². The molecule has 105 heavy (non-hydrogen) atoms. The first-order chi connectivity index (χ1) is 49.6. The summed E-state index contributed by atoms with van der Waals surface area (Å²) >= 11 is 0. The molecule has 0 aliphatic rings. The van der Waals surface area contributed by atoms with Gasteiger partial charge in [-0.3, -0.25) is 9.59 Å². The van der Waals surface area contributed by atoms with Crippen LogP contribution in [0.4, 0.5) is 13.2 Å². The topological polar surface area (TPSA) is 107 Å². The molecule has 0 aliphatic carbocycles. The van der Waals surface area contributed by atoms with Crippen LogP contribution in [0.1, 0.15) is 203 Å². The quantitative estimate of drug-likeness (QED) is 0.0465. The lowest BCUT2D eigenvalue weighted by molar-refractivity contribution is -0.120. The molecule has 0 bridgehead atoms. The largest absolute Gasteiger partial charge is 0.497 e. The van der Waals surface area contributed by atoms with Crippen LogP contribution in [-0.4, -0.2) is 38.7 Å². The highest BCUT2D eigenvalue weighted by atomic mass is 19.1. The third kappa shape index (κ3) is 23.4. The number of aryl methyl sites for hydroxylation is 2. The molecule has 9 aromatic rings. The van der Waals surface area contributed by atoms with Gasteiger partial charge in [-0.1, -0.05) is 161 Å². The van der Waals surface area contributed by atoms with Gasteiger partial charge >= 0.3 is 0 Å². The third-order valence-corrected chi connectivity index (χ3v) is 18.8. The summed E-state index contributed by atoms with van der Waals surface area (Å²) in [4.78, 5) is 34.9. The van der Waals surface area contributed by atoms with Crippen LogP contribution in [0.5, 0.6) is 34.5 Å². The van der Waals surface area contributed by atoms with Gasteiger partial charge in [-0.25, -0.2) is 13.2 Å². The molecule has 0 aliphatic heterocycles. The lowest BCUT2D eigenvalue weighted by atomic mass is 9.81. The normalized spacial score (nSPS) is 12.4.